The van der Waals surface area contributed by atoms with Gasteiger partial charge in [0.1, 0.15) is 0 Å². The topological polar surface area (TPSA) is 23.8 Å². The number of nitriles is 1. The van der Waals surface area contributed by atoms with E-state index in [9.17, 15) is 0 Å². The van der Waals surface area contributed by atoms with Gasteiger partial charge in [0.15, 0.2) is 0 Å². The summed E-state index contributed by atoms with van der Waals surface area (Å²) >= 11 is 5.06. The number of hydrogen-bond acceptors (Lipinski definition) is 2. The molecule has 78 valence electrons. The molecule has 3 heteroatoms. The van der Waals surface area contributed by atoms with Crippen LogP contribution in [0.5, 0.6) is 0 Å². The standard InChI is InChI=1S/C13H8BrNS/c14-11-4-6-12(7-5-11)16-13-3-1-2-10(8-13)9-15/h1-8H. The molecule has 2 aromatic rings. The molecule has 0 amide bonds. The second kappa shape index (κ2) is 5.20. The van der Waals surface area contributed by atoms with Crippen LogP contribution in [0.25, 0.3) is 0 Å². The van der Waals surface area contributed by atoms with Crippen LogP contribution in [-0.2, 0) is 0 Å². The SMILES string of the molecule is N#Cc1cccc(Sc2ccc(Br)cc2)c1. The van der Waals surface area contributed by atoms with E-state index < -0.39 is 0 Å². The van der Waals surface area contributed by atoms with Crippen molar-refractivity contribution in [3.8, 4) is 6.07 Å². The van der Waals surface area contributed by atoms with E-state index in [0.29, 0.717) is 5.56 Å². The molecule has 0 heterocycles. The van der Waals surface area contributed by atoms with Crippen molar-refractivity contribution in [3.05, 3.63) is 58.6 Å². The van der Waals surface area contributed by atoms with E-state index in [0.717, 1.165) is 9.37 Å². The molecule has 0 atom stereocenters. The third-order valence-corrected chi connectivity index (χ3v) is 3.54. The second-order valence-corrected chi connectivity index (χ2v) is 5.26. The molecule has 0 aliphatic heterocycles. The lowest BCUT2D eigenvalue weighted by Crippen LogP contribution is -1.76. The fourth-order valence-corrected chi connectivity index (χ4v) is 2.41. The van der Waals surface area contributed by atoms with E-state index in [1.54, 1.807) is 11.8 Å². The van der Waals surface area contributed by atoms with Gasteiger partial charge in [0.25, 0.3) is 0 Å². The zero-order chi connectivity index (χ0) is 11.4. The van der Waals surface area contributed by atoms with Crippen molar-refractivity contribution < 1.29 is 0 Å². The van der Waals surface area contributed by atoms with E-state index in [1.165, 1.54) is 4.90 Å². The Morgan fingerprint density at radius 1 is 1.00 bits per heavy atom. The van der Waals surface area contributed by atoms with Gasteiger partial charge in [-0.3, -0.25) is 0 Å². The highest BCUT2D eigenvalue weighted by Gasteiger charge is 1.98. The van der Waals surface area contributed by atoms with Crippen LogP contribution in [0.1, 0.15) is 5.56 Å². The van der Waals surface area contributed by atoms with Crippen molar-refractivity contribution >= 4 is 27.7 Å². The first-order valence-electron chi connectivity index (χ1n) is 4.71. The number of benzene rings is 2. The highest BCUT2D eigenvalue weighted by atomic mass is 79.9. The fraction of sp³-hybridized carbons (Fsp3) is 0. The normalized spacial score (nSPS) is 9.75. The molecule has 0 aliphatic rings. The van der Waals surface area contributed by atoms with Gasteiger partial charge in [-0.1, -0.05) is 33.8 Å². The first kappa shape index (κ1) is 11.3. The third-order valence-electron chi connectivity index (χ3n) is 2.01. The Morgan fingerprint density at radius 2 is 1.75 bits per heavy atom. The Balaban J connectivity index is 2.21. The lowest BCUT2D eigenvalue weighted by atomic mass is 10.2. The minimum Gasteiger partial charge on any atom is -0.192 e. The van der Waals surface area contributed by atoms with Gasteiger partial charge in [-0.15, -0.1) is 0 Å². The molecule has 0 spiro atoms. The lowest BCUT2D eigenvalue weighted by molar-refractivity contribution is 1.37. The van der Waals surface area contributed by atoms with Gasteiger partial charge < -0.3 is 0 Å². The van der Waals surface area contributed by atoms with Gasteiger partial charge in [0.2, 0.25) is 0 Å². The van der Waals surface area contributed by atoms with E-state index in [-0.39, 0.29) is 0 Å². The van der Waals surface area contributed by atoms with Crippen molar-refractivity contribution in [2.75, 3.05) is 0 Å². The van der Waals surface area contributed by atoms with Crippen LogP contribution in [-0.4, -0.2) is 0 Å². The summed E-state index contributed by atoms with van der Waals surface area (Å²) in [6, 6.07) is 17.9. The summed E-state index contributed by atoms with van der Waals surface area (Å²) in [7, 11) is 0. The van der Waals surface area contributed by atoms with Gasteiger partial charge in [0.05, 0.1) is 11.6 Å². The molecular formula is C13H8BrNS. The summed E-state index contributed by atoms with van der Waals surface area (Å²) in [5.41, 5.74) is 0.696. The largest absolute Gasteiger partial charge is 0.192 e. The van der Waals surface area contributed by atoms with E-state index in [2.05, 4.69) is 22.0 Å². The Labute approximate surface area is 107 Å². The van der Waals surface area contributed by atoms with Crippen molar-refractivity contribution in [3.63, 3.8) is 0 Å². The summed E-state index contributed by atoms with van der Waals surface area (Å²) in [5, 5.41) is 8.80. The van der Waals surface area contributed by atoms with Crippen LogP contribution < -0.4 is 0 Å². The molecule has 2 aromatic carbocycles. The molecule has 1 nitrogen and oxygen atoms in total. The monoisotopic (exact) mass is 289 g/mol. The number of hydrogen-bond donors (Lipinski definition) is 0. The number of nitrogens with zero attached hydrogens (tertiary/aromatic N) is 1. The quantitative estimate of drug-likeness (QED) is 0.814. The predicted octanol–water partition coefficient (Wildman–Crippen LogP) is 4.47. The Hall–Kier alpha value is -1.24. The first-order valence-corrected chi connectivity index (χ1v) is 6.32. The second-order valence-electron chi connectivity index (χ2n) is 3.20. The minimum atomic E-state index is 0.696. The molecule has 0 aliphatic carbocycles. The average molecular weight is 290 g/mol. The maximum Gasteiger partial charge on any atom is 0.0992 e. The van der Waals surface area contributed by atoms with Crippen LogP contribution in [0.3, 0.4) is 0 Å². The average Bonchev–Trinajstić information content (AvgIpc) is 2.32. The van der Waals surface area contributed by atoms with Crippen LogP contribution in [0, 0.1) is 11.3 Å². The van der Waals surface area contributed by atoms with Crippen molar-refractivity contribution in [1.82, 2.24) is 0 Å². The maximum atomic E-state index is 8.80. The van der Waals surface area contributed by atoms with Crippen LogP contribution in [0.2, 0.25) is 0 Å². The molecule has 0 fully saturated rings. The molecule has 0 bridgehead atoms. The zero-order valence-electron chi connectivity index (χ0n) is 8.35. The molecule has 0 unspecified atom stereocenters. The highest BCUT2D eigenvalue weighted by Crippen LogP contribution is 2.28. The summed E-state index contributed by atoms with van der Waals surface area (Å²) in [6.07, 6.45) is 0. The highest BCUT2D eigenvalue weighted by molar-refractivity contribution is 9.10. The smallest absolute Gasteiger partial charge is 0.0992 e. The van der Waals surface area contributed by atoms with Crippen LogP contribution >= 0.6 is 27.7 Å². The minimum absolute atomic E-state index is 0.696. The van der Waals surface area contributed by atoms with Crippen LogP contribution in [0.15, 0.2) is 62.8 Å². The predicted molar refractivity (Wildman–Crippen MR) is 69.4 cm³/mol. The molecule has 0 saturated carbocycles. The molecule has 16 heavy (non-hydrogen) atoms. The van der Waals surface area contributed by atoms with Gasteiger partial charge in [-0.25, -0.2) is 0 Å². The summed E-state index contributed by atoms with van der Waals surface area (Å²) < 4.78 is 1.07. The van der Waals surface area contributed by atoms with Crippen molar-refractivity contribution in [2.24, 2.45) is 0 Å². The Kier molecular flexibility index (Phi) is 3.66. The summed E-state index contributed by atoms with van der Waals surface area (Å²) in [4.78, 5) is 2.25. The zero-order valence-corrected chi connectivity index (χ0v) is 10.8. The molecule has 2 rings (SSSR count). The summed E-state index contributed by atoms with van der Waals surface area (Å²) in [6.45, 7) is 0. The third kappa shape index (κ3) is 2.88. The first-order chi connectivity index (χ1) is 7.78. The molecule has 0 radical (unpaired) electrons. The molecule has 0 saturated heterocycles. The molecule has 0 aromatic heterocycles. The van der Waals surface area contributed by atoms with Crippen LogP contribution in [0.4, 0.5) is 0 Å². The number of halogens is 1. The van der Waals surface area contributed by atoms with Crippen molar-refractivity contribution in [2.45, 2.75) is 9.79 Å². The molecular weight excluding hydrogens is 282 g/mol. The van der Waals surface area contributed by atoms with Gasteiger partial charge in [-0.05, 0) is 42.5 Å². The van der Waals surface area contributed by atoms with E-state index in [4.69, 9.17) is 5.26 Å². The Morgan fingerprint density at radius 3 is 2.44 bits per heavy atom. The molecule has 0 N–H and O–H groups in total. The van der Waals surface area contributed by atoms with Crippen molar-refractivity contribution in [1.29, 1.82) is 5.26 Å². The number of rotatable bonds is 2. The van der Waals surface area contributed by atoms with Gasteiger partial charge in [0, 0.05) is 14.3 Å². The maximum absolute atomic E-state index is 8.80. The van der Waals surface area contributed by atoms with Gasteiger partial charge in [-0.2, -0.15) is 5.26 Å². The summed E-state index contributed by atoms with van der Waals surface area (Å²) in [5.74, 6) is 0. The Bertz CT molecular complexity index is 528. The fourth-order valence-electron chi connectivity index (χ4n) is 1.27. The van der Waals surface area contributed by atoms with E-state index in [1.807, 2.05) is 48.5 Å². The van der Waals surface area contributed by atoms with Gasteiger partial charge >= 0.3 is 0 Å². The lowest BCUT2D eigenvalue weighted by Gasteiger charge is -2.01. The van der Waals surface area contributed by atoms with E-state index >= 15 is 0 Å².